The molecule has 1 aliphatic heterocycles. The Bertz CT molecular complexity index is 1060. The zero-order chi connectivity index (χ0) is 25.0. The molecule has 3 aromatic carbocycles. The van der Waals surface area contributed by atoms with Crippen LogP contribution in [0.5, 0.6) is 0 Å². The van der Waals surface area contributed by atoms with Crippen molar-refractivity contribution in [2.75, 3.05) is 13.7 Å². The van der Waals surface area contributed by atoms with Crippen LogP contribution in [0.4, 0.5) is 0 Å². The summed E-state index contributed by atoms with van der Waals surface area (Å²) >= 11 is 1.09. The van der Waals surface area contributed by atoms with Crippen LogP contribution < -0.4 is 0 Å². The molecule has 0 spiro atoms. The maximum Gasteiger partial charge on any atom is 0.173 e. The standard InChI is InChI=1S/C29H31NO5S/c1-31-29-28(36-21-30)27(34-19-24-15-9-4-10-16-24)26(33-18-23-13-7-3-8-14-23)25(35-29)20-32-17-22-11-5-2-6-12-22/h2-16,25-29H,17-20H2,1H3/t25-,26+,27+,28-,29+/m1/s1. The highest BCUT2D eigenvalue weighted by Crippen LogP contribution is 2.35. The third kappa shape index (κ3) is 7.40. The molecule has 7 heteroatoms. The lowest BCUT2D eigenvalue weighted by molar-refractivity contribution is -0.268. The number of methoxy groups -OCH3 is 1. The van der Waals surface area contributed by atoms with E-state index in [9.17, 15) is 5.26 Å². The lowest BCUT2D eigenvalue weighted by Crippen LogP contribution is -2.59. The summed E-state index contributed by atoms with van der Waals surface area (Å²) in [4.78, 5) is 0. The zero-order valence-corrected chi connectivity index (χ0v) is 21.1. The average molecular weight is 506 g/mol. The second-order valence-electron chi connectivity index (χ2n) is 8.48. The Morgan fingerprint density at radius 2 is 1.25 bits per heavy atom. The van der Waals surface area contributed by atoms with Crippen molar-refractivity contribution in [3.8, 4) is 5.40 Å². The third-order valence-corrected chi connectivity index (χ3v) is 6.84. The molecule has 0 radical (unpaired) electrons. The molecule has 0 aromatic heterocycles. The van der Waals surface area contributed by atoms with E-state index in [1.165, 1.54) is 0 Å². The van der Waals surface area contributed by atoms with E-state index in [0.717, 1.165) is 28.5 Å². The normalized spacial score (nSPS) is 23.7. The maximum atomic E-state index is 9.54. The van der Waals surface area contributed by atoms with E-state index in [4.69, 9.17) is 23.7 Å². The maximum absolute atomic E-state index is 9.54. The van der Waals surface area contributed by atoms with Gasteiger partial charge >= 0.3 is 0 Å². The molecule has 0 amide bonds. The highest BCUT2D eigenvalue weighted by molar-refractivity contribution is 8.04. The second-order valence-corrected chi connectivity index (χ2v) is 9.44. The molecule has 0 unspecified atom stereocenters. The van der Waals surface area contributed by atoms with Crippen LogP contribution in [0.1, 0.15) is 16.7 Å². The Hall–Kier alpha value is -2.70. The molecule has 0 aliphatic carbocycles. The van der Waals surface area contributed by atoms with Gasteiger partial charge in [0.15, 0.2) is 6.29 Å². The van der Waals surface area contributed by atoms with E-state index in [-0.39, 0.29) is 0 Å². The molecule has 36 heavy (non-hydrogen) atoms. The molecule has 1 fully saturated rings. The van der Waals surface area contributed by atoms with Gasteiger partial charge in [0, 0.05) is 7.11 Å². The minimum absolute atomic E-state index is 0.295. The van der Waals surface area contributed by atoms with Crippen LogP contribution in [0.15, 0.2) is 91.0 Å². The Kier molecular flexibility index (Phi) is 10.4. The molecule has 1 aliphatic rings. The number of hydrogen-bond acceptors (Lipinski definition) is 7. The third-order valence-electron chi connectivity index (χ3n) is 5.98. The number of nitriles is 1. The van der Waals surface area contributed by atoms with Crippen LogP contribution in [-0.2, 0) is 43.5 Å². The number of rotatable bonds is 12. The Labute approximate surface area is 217 Å². The van der Waals surface area contributed by atoms with Crippen molar-refractivity contribution < 1.29 is 23.7 Å². The number of thiocyanates is 1. The number of hydrogen-bond donors (Lipinski definition) is 0. The molecule has 4 rings (SSSR count). The fourth-order valence-electron chi connectivity index (χ4n) is 4.18. The van der Waals surface area contributed by atoms with Crippen LogP contribution in [0, 0.1) is 10.7 Å². The van der Waals surface area contributed by atoms with Crippen LogP contribution >= 0.6 is 11.8 Å². The van der Waals surface area contributed by atoms with E-state index in [2.05, 4.69) is 5.40 Å². The molecular formula is C29H31NO5S. The van der Waals surface area contributed by atoms with Crippen molar-refractivity contribution >= 4 is 11.8 Å². The van der Waals surface area contributed by atoms with Crippen molar-refractivity contribution in [1.29, 1.82) is 5.26 Å². The molecule has 3 aromatic rings. The van der Waals surface area contributed by atoms with Gasteiger partial charge in [0.1, 0.15) is 23.7 Å². The van der Waals surface area contributed by atoms with Crippen LogP contribution in [0.25, 0.3) is 0 Å². The van der Waals surface area contributed by atoms with Gasteiger partial charge < -0.3 is 23.7 Å². The summed E-state index contributed by atoms with van der Waals surface area (Å²) in [7, 11) is 1.58. The summed E-state index contributed by atoms with van der Waals surface area (Å²) in [6.45, 7) is 1.52. The average Bonchev–Trinajstić information content (AvgIpc) is 2.93. The highest BCUT2D eigenvalue weighted by Gasteiger charge is 2.48. The molecule has 0 N–H and O–H groups in total. The molecule has 1 heterocycles. The van der Waals surface area contributed by atoms with E-state index >= 15 is 0 Å². The SMILES string of the molecule is CO[C@H]1O[C@H](COCc2ccccc2)[C@H](OCc2ccccc2)[C@H](OCc2ccccc2)[C@H]1SC#N. The van der Waals surface area contributed by atoms with E-state index in [1.807, 2.05) is 91.0 Å². The summed E-state index contributed by atoms with van der Waals surface area (Å²) in [5.41, 5.74) is 3.16. The fourth-order valence-corrected chi connectivity index (χ4v) is 4.96. The smallest absolute Gasteiger partial charge is 0.173 e. The van der Waals surface area contributed by atoms with Gasteiger partial charge in [-0.05, 0) is 28.5 Å². The second kappa shape index (κ2) is 14.1. The van der Waals surface area contributed by atoms with Gasteiger partial charge in [-0.3, -0.25) is 0 Å². The van der Waals surface area contributed by atoms with E-state index in [1.54, 1.807) is 7.11 Å². The molecule has 5 atom stereocenters. The lowest BCUT2D eigenvalue weighted by atomic mass is 10.00. The van der Waals surface area contributed by atoms with Gasteiger partial charge in [0.05, 0.1) is 31.7 Å². The summed E-state index contributed by atoms with van der Waals surface area (Å²) < 4.78 is 30.9. The molecule has 0 saturated carbocycles. The predicted molar refractivity (Wildman–Crippen MR) is 139 cm³/mol. The van der Waals surface area contributed by atoms with Gasteiger partial charge in [-0.15, -0.1) is 0 Å². The molecule has 6 nitrogen and oxygen atoms in total. The first-order valence-electron chi connectivity index (χ1n) is 11.9. The fraction of sp³-hybridized carbons (Fsp3) is 0.345. The molecule has 0 bridgehead atoms. The number of nitrogens with zero attached hydrogens (tertiary/aromatic N) is 1. The van der Waals surface area contributed by atoms with Crippen LogP contribution in [0.2, 0.25) is 0 Å². The van der Waals surface area contributed by atoms with Crippen LogP contribution in [0.3, 0.4) is 0 Å². The number of benzene rings is 3. The van der Waals surface area contributed by atoms with Crippen molar-refractivity contribution in [2.45, 2.75) is 49.7 Å². The predicted octanol–water partition coefficient (Wildman–Crippen LogP) is 5.33. The number of ether oxygens (including phenoxy) is 5. The summed E-state index contributed by atoms with van der Waals surface area (Å²) in [5, 5.41) is 11.3. The van der Waals surface area contributed by atoms with Gasteiger partial charge in [-0.25, -0.2) is 0 Å². The van der Waals surface area contributed by atoms with E-state index in [0.29, 0.717) is 26.4 Å². The van der Waals surface area contributed by atoms with E-state index < -0.39 is 29.9 Å². The molecule has 188 valence electrons. The first kappa shape index (κ1) is 26.4. The molecule has 1 saturated heterocycles. The minimum atomic E-state index is -0.641. The Balaban J connectivity index is 1.54. The van der Waals surface area contributed by atoms with Crippen LogP contribution in [-0.4, -0.2) is 43.6 Å². The summed E-state index contributed by atoms with van der Waals surface area (Å²) in [5.74, 6) is 0. The van der Waals surface area contributed by atoms with Gasteiger partial charge in [0.25, 0.3) is 0 Å². The largest absolute Gasteiger partial charge is 0.374 e. The topological polar surface area (TPSA) is 69.9 Å². The van der Waals surface area contributed by atoms with Crippen molar-refractivity contribution in [3.63, 3.8) is 0 Å². The zero-order valence-electron chi connectivity index (χ0n) is 20.3. The quantitative estimate of drug-likeness (QED) is 0.308. The Morgan fingerprint density at radius 3 is 1.75 bits per heavy atom. The minimum Gasteiger partial charge on any atom is -0.374 e. The highest BCUT2D eigenvalue weighted by atomic mass is 32.2. The molecular weight excluding hydrogens is 474 g/mol. The van der Waals surface area contributed by atoms with Gasteiger partial charge in [-0.1, -0.05) is 91.0 Å². The lowest BCUT2D eigenvalue weighted by Gasteiger charge is -2.44. The first-order valence-corrected chi connectivity index (χ1v) is 12.8. The van der Waals surface area contributed by atoms with Crippen molar-refractivity contribution in [3.05, 3.63) is 108 Å². The Morgan fingerprint density at radius 1 is 0.750 bits per heavy atom. The van der Waals surface area contributed by atoms with Gasteiger partial charge in [-0.2, -0.15) is 5.26 Å². The summed E-state index contributed by atoms with van der Waals surface area (Å²) in [6.07, 6.45) is -2.01. The van der Waals surface area contributed by atoms with Gasteiger partial charge in [0.2, 0.25) is 0 Å². The summed E-state index contributed by atoms with van der Waals surface area (Å²) in [6, 6.07) is 29.9. The van der Waals surface area contributed by atoms with Crippen molar-refractivity contribution in [1.82, 2.24) is 0 Å². The first-order chi connectivity index (χ1) is 17.8. The van der Waals surface area contributed by atoms with Crippen molar-refractivity contribution in [2.24, 2.45) is 0 Å². The number of thioether (sulfide) groups is 1. The monoisotopic (exact) mass is 505 g/mol.